The van der Waals surface area contributed by atoms with E-state index < -0.39 is 21.6 Å². The van der Waals surface area contributed by atoms with Gasteiger partial charge in [0.05, 0.1) is 10.1 Å². The summed E-state index contributed by atoms with van der Waals surface area (Å²) in [4.78, 5) is 0. The predicted octanol–water partition coefficient (Wildman–Crippen LogP) is 6.78. The fraction of sp³-hybridized carbons (Fsp3) is 0.769. The van der Waals surface area contributed by atoms with E-state index >= 15 is 0 Å². The van der Waals surface area contributed by atoms with Crippen LogP contribution in [0.5, 0.6) is 0 Å². The standard InChI is InChI=1S/C26H46N4O2S6/c1-7-27-19-21(33)29(23(27)35)13-9-25(3,4)11-15-37(31)17-18-38(32)16-12-26(5,6)10-14-30-22(34)20-28(8-2)24(30)36/h19-20,33-34H,7-18H2,1-6H3. The average molecular weight is 639 g/mol. The van der Waals surface area contributed by atoms with E-state index in [0.717, 1.165) is 71.5 Å². The third kappa shape index (κ3) is 10.4. The Morgan fingerprint density at radius 1 is 0.684 bits per heavy atom. The highest BCUT2D eigenvalue weighted by Crippen LogP contribution is 2.28. The first kappa shape index (κ1) is 34.1. The molecule has 0 bridgehead atoms. The van der Waals surface area contributed by atoms with E-state index in [-0.39, 0.29) is 10.8 Å². The number of aryl methyl sites for hydroxylation is 2. The van der Waals surface area contributed by atoms with Gasteiger partial charge in [0, 0.05) is 83.2 Å². The van der Waals surface area contributed by atoms with Crippen LogP contribution in [0.3, 0.4) is 0 Å². The topological polar surface area (TPSA) is 53.9 Å². The van der Waals surface area contributed by atoms with E-state index in [1.165, 1.54) is 0 Å². The van der Waals surface area contributed by atoms with Crippen molar-refractivity contribution in [1.29, 1.82) is 0 Å². The highest BCUT2D eigenvalue weighted by atomic mass is 32.2. The van der Waals surface area contributed by atoms with Crippen LogP contribution in [-0.2, 0) is 47.8 Å². The molecule has 0 aromatic carbocycles. The number of aromatic nitrogens is 4. The summed E-state index contributed by atoms with van der Waals surface area (Å²) < 4.78 is 35.2. The van der Waals surface area contributed by atoms with Crippen molar-refractivity contribution < 1.29 is 8.42 Å². The Morgan fingerprint density at radius 2 is 1.03 bits per heavy atom. The molecule has 0 N–H and O–H groups in total. The van der Waals surface area contributed by atoms with Crippen molar-refractivity contribution in [2.45, 2.75) is 103 Å². The van der Waals surface area contributed by atoms with Crippen molar-refractivity contribution in [2.24, 2.45) is 10.8 Å². The Bertz CT molecular complexity index is 1130. The van der Waals surface area contributed by atoms with Gasteiger partial charge in [0.15, 0.2) is 9.54 Å². The average Bonchev–Trinajstić information content (AvgIpc) is 3.30. The van der Waals surface area contributed by atoms with E-state index in [4.69, 9.17) is 24.4 Å². The maximum Gasteiger partial charge on any atom is 0.180 e. The summed E-state index contributed by atoms with van der Waals surface area (Å²) in [5.74, 6) is 2.26. The summed E-state index contributed by atoms with van der Waals surface area (Å²) in [6, 6.07) is 0. The zero-order chi connectivity index (χ0) is 28.7. The molecule has 2 rings (SSSR count). The molecule has 0 saturated carbocycles. The van der Waals surface area contributed by atoms with Crippen molar-refractivity contribution in [3.8, 4) is 0 Å². The highest BCUT2D eigenvalue weighted by Gasteiger charge is 2.22. The van der Waals surface area contributed by atoms with Gasteiger partial charge in [-0.1, -0.05) is 27.7 Å². The molecule has 6 nitrogen and oxygen atoms in total. The highest BCUT2D eigenvalue weighted by molar-refractivity contribution is 7.88. The first-order chi connectivity index (χ1) is 17.7. The van der Waals surface area contributed by atoms with Gasteiger partial charge in [0.1, 0.15) is 0 Å². The second-order valence-electron chi connectivity index (χ2n) is 11.4. The van der Waals surface area contributed by atoms with Crippen molar-refractivity contribution in [2.75, 3.05) is 23.0 Å². The number of imidazole rings is 2. The normalized spacial score (nSPS) is 14.2. The van der Waals surface area contributed by atoms with Gasteiger partial charge in [-0.05, 0) is 74.8 Å². The summed E-state index contributed by atoms with van der Waals surface area (Å²) in [6.45, 7) is 16.3. The molecule has 2 atom stereocenters. The third-order valence-electron chi connectivity index (χ3n) is 7.31. The van der Waals surface area contributed by atoms with Crippen LogP contribution in [0.25, 0.3) is 0 Å². The van der Waals surface area contributed by atoms with Gasteiger partial charge in [-0.15, -0.1) is 25.3 Å². The van der Waals surface area contributed by atoms with E-state index in [1.54, 1.807) is 0 Å². The lowest BCUT2D eigenvalue weighted by atomic mass is 9.86. The predicted molar refractivity (Wildman–Crippen MR) is 174 cm³/mol. The monoisotopic (exact) mass is 638 g/mol. The quantitative estimate of drug-likeness (QED) is 0.148. The first-order valence-electron chi connectivity index (χ1n) is 13.4. The van der Waals surface area contributed by atoms with Gasteiger partial charge in [-0.25, -0.2) is 0 Å². The molecule has 0 amide bonds. The minimum Gasteiger partial charge on any atom is -0.323 e. The fourth-order valence-electron chi connectivity index (χ4n) is 4.16. The van der Waals surface area contributed by atoms with Crippen molar-refractivity contribution in [3.63, 3.8) is 0 Å². The fourth-order valence-corrected chi connectivity index (χ4v) is 9.16. The van der Waals surface area contributed by atoms with Gasteiger partial charge < -0.3 is 18.3 Å². The Kier molecular flexibility index (Phi) is 13.6. The molecule has 0 spiro atoms. The molecule has 0 radical (unpaired) electrons. The number of nitrogens with zero attached hydrogens (tertiary/aromatic N) is 4. The Hall–Kier alpha value is -0.140. The van der Waals surface area contributed by atoms with Crippen LogP contribution < -0.4 is 0 Å². The summed E-state index contributed by atoms with van der Waals surface area (Å²) in [7, 11) is -1.93. The van der Waals surface area contributed by atoms with Gasteiger partial charge in [-0.3, -0.25) is 8.42 Å². The van der Waals surface area contributed by atoms with Crippen LogP contribution in [0.2, 0.25) is 0 Å². The SMILES string of the molecule is CCn1cc(S)n(CCC(C)(C)CCS(=O)CCS(=O)CCC(C)(C)CCn2c(S)cn(CC)c2=S)c1=S. The van der Waals surface area contributed by atoms with Crippen molar-refractivity contribution >= 4 is 71.3 Å². The second kappa shape index (κ2) is 15.2. The third-order valence-corrected chi connectivity index (χ3v) is 11.8. The van der Waals surface area contributed by atoms with Gasteiger partial charge in [0.2, 0.25) is 0 Å². The van der Waals surface area contributed by atoms with Crippen molar-refractivity contribution in [1.82, 2.24) is 18.3 Å². The molecule has 0 aliphatic rings. The molecule has 0 aliphatic heterocycles. The lowest BCUT2D eigenvalue weighted by Gasteiger charge is -2.25. The van der Waals surface area contributed by atoms with Gasteiger partial charge in [0.25, 0.3) is 0 Å². The molecule has 0 aliphatic carbocycles. The summed E-state index contributed by atoms with van der Waals surface area (Å²) in [5.41, 5.74) is 0.0754. The second-order valence-corrected chi connectivity index (χ2v) is 16.5. The smallest absolute Gasteiger partial charge is 0.180 e. The number of rotatable bonds is 17. The van der Waals surface area contributed by atoms with Gasteiger partial charge >= 0.3 is 0 Å². The minimum absolute atomic E-state index is 0.0377. The molecule has 218 valence electrons. The van der Waals surface area contributed by atoms with Crippen LogP contribution in [0.4, 0.5) is 0 Å². The largest absolute Gasteiger partial charge is 0.323 e. The first-order valence-corrected chi connectivity index (χ1v) is 18.1. The van der Waals surface area contributed by atoms with Crippen LogP contribution in [-0.4, -0.2) is 49.7 Å². The molecule has 2 aromatic rings. The molecular weight excluding hydrogens is 593 g/mol. The maximum atomic E-state index is 12.7. The summed E-state index contributed by atoms with van der Waals surface area (Å²) >= 11 is 20.2. The van der Waals surface area contributed by atoms with Gasteiger partial charge in [-0.2, -0.15) is 0 Å². The molecular formula is C26H46N4O2S6. The Balaban J connectivity index is 1.72. The molecule has 38 heavy (non-hydrogen) atoms. The number of hydrogen-bond donors (Lipinski definition) is 2. The van der Waals surface area contributed by atoms with Crippen LogP contribution >= 0.6 is 49.7 Å². The minimum atomic E-state index is -0.964. The van der Waals surface area contributed by atoms with E-state index in [2.05, 4.69) is 75.9 Å². The van der Waals surface area contributed by atoms with E-state index in [1.807, 2.05) is 21.5 Å². The zero-order valence-electron chi connectivity index (χ0n) is 23.8. The molecule has 2 unspecified atom stereocenters. The maximum absolute atomic E-state index is 12.7. The Morgan fingerprint density at radius 3 is 1.32 bits per heavy atom. The lowest BCUT2D eigenvalue weighted by molar-refractivity contribution is 0.298. The van der Waals surface area contributed by atoms with Crippen LogP contribution in [0.15, 0.2) is 22.4 Å². The zero-order valence-corrected chi connectivity index (χ0v) is 28.8. The van der Waals surface area contributed by atoms with E-state index in [9.17, 15) is 8.42 Å². The lowest BCUT2D eigenvalue weighted by Crippen LogP contribution is -2.22. The number of thiol groups is 2. The molecule has 2 aromatic heterocycles. The molecule has 2 heterocycles. The molecule has 12 heteroatoms. The number of hydrogen-bond acceptors (Lipinski definition) is 6. The van der Waals surface area contributed by atoms with Crippen molar-refractivity contribution in [3.05, 3.63) is 21.9 Å². The molecule has 0 fully saturated rings. The van der Waals surface area contributed by atoms with E-state index in [0.29, 0.717) is 23.0 Å². The van der Waals surface area contributed by atoms with Crippen LogP contribution in [0, 0.1) is 20.4 Å². The summed E-state index contributed by atoms with van der Waals surface area (Å²) in [5, 5.41) is 1.76. The Labute approximate surface area is 255 Å². The molecule has 0 saturated heterocycles. The van der Waals surface area contributed by atoms with Crippen LogP contribution in [0.1, 0.15) is 67.2 Å². The summed E-state index contributed by atoms with van der Waals surface area (Å²) in [6.07, 6.45) is 7.55.